The second-order valence-corrected chi connectivity index (χ2v) is 7.65. The van der Waals surface area contributed by atoms with Gasteiger partial charge in [-0.3, -0.25) is 0 Å². The number of thiophene rings is 1. The van der Waals surface area contributed by atoms with Gasteiger partial charge >= 0.3 is 0 Å². The van der Waals surface area contributed by atoms with E-state index in [1.807, 2.05) is 0 Å². The maximum absolute atomic E-state index is 5.75. The van der Waals surface area contributed by atoms with Crippen LogP contribution in [0.4, 0.5) is 0 Å². The molecule has 0 spiro atoms. The van der Waals surface area contributed by atoms with Crippen LogP contribution in [-0.2, 0) is 17.6 Å². The van der Waals surface area contributed by atoms with Crippen LogP contribution in [0, 0.1) is 0 Å². The van der Waals surface area contributed by atoms with Crippen molar-refractivity contribution in [1.29, 1.82) is 0 Å². The van der Waals surface area contributed by atoms with E-state index in [-0.39, 0.29) is 0 Å². The van der Waals surface area contributed by atoms with Crippen LogP contribution in [0.25, 0.3) is 0 Å². The Labute approximate surface area is 133 Å². The normalized spacial score (nSPS) is 23.2. The third kappa shape index (κ3) is 4.08. The molecule has 2 unspecified atom stereocenters. The fourth-order valence-corrected chi connectivity index (χ4v) is 5.07. The van der Waals surface area contributed by atoms with E-state index in [0.29, 0.717) is 12.1 Å². The minimum absolute atomic E-state index is 0.545. The van der Waals surface area contributed by atoms with Crippen LogP contribution in [0.5, 0.6) is 0 Å². The van der Waals surface area contributed by atoms with Crippen LogP contribution < -0.4 is 5.32 Å². The van der Waals surface area contributed by atoms with E-state index >= 15 is 0 Å². The first kappa shape index (κ1) is 15.5. The lowest BCUT2D eigenvalue weighted by Gasteiger charge is -2.17. The molecule has 1 aromatic rings. The van der Waals surface area contributed by atoms with Gasteiger partial charge in [0.1, 0.15) is 0 Å². The minimum atomic E-state index is 0.545. The molecule has 118 valence electrons. The molecule has 2 atom stereocenters. The standard InChI is InChI=1S/C18H29NOS/c1-2-19-16(10-5-8-15-9-6-12-20-15)18-13-14-7-3-4-11-17(14)21-18/h13,15-16,19H,2-12H2,1H3. The highest BCUT2D eigenvalue weighted by Gasteiger charge is 2.20. The molecule has 2 heterocycles. The fourth-order valence-electron chi connectivity index (χ4n) is 3.70. The van der Waals surface area contributed by atoms with Gasteiger partial charge in [-0.05, 0) is 76.0 Å². The van der Waals surface area contributed by atoms with E-state index < -0.39 is 0 Å². The van der Waals surface area contributed by atoms with E-state index in [1.165, 1.54) is 57.8 Å². The number of hydrogen-bond acceptors (Lipinski definition) is 3. The third-order valence-electron chi connectivity index (χ3n) is 4.85. The van der Waals surface area contributed by atoms with E-state index in [2.05, 4.69) is 29.6 Å². The predicted octanol–water partition coefficient (Wildman–Crippen LogP) is 4.63. The van der Waals surface area contributed by atoms with Crippen molar-refractivity contribution in [3.05, 3.63) is 21.4 Å². The molecule has 1 aliphatic carbocycles. The van der Waals surface area contributed by atoms with Crippen molar-refractivity contribution >= 4 is 11.3 Å². The number of hydrogen-bond donors (Lipinski definition) is 1. The van der Waals surface area contributed by atoms with Gasteiger partial charge < -0.3 is 10.1 Å². The molecule has 1 N–H and O–H groups in total. The first-order valence-corrected chi connectivity index (χ1v) is 9.65. The molecule has 0 radical (unpaired) electrons. The smallest absolute Gasteiger partial charge is 0.0576 e. The summed E-state index contributed by atoms with van der Waals surface area (Å²) in [7, 11) is 0. The first-order valence-electron chi connectivity index (χ1n) is 8.83. The predicted molar refractivity (Wildman–Crippen MR) is 90.2 cm³/mol. The summed E-state index contributed by atoms with van der Waals surface area (Å²) in [4.78, 5) is 3.24. The molecule has 3 rings (SSSR count). The molecule has 2 nitrogen and oxygen atoms in total. The van der Waals surface area contributed by atoms with Gasteiger partial charge in [0.25, 0.3) is 0 Å². The number of ether oxygens (including phenoxy) is 1. The minimum Gasteiger partial charge on any atom is -0.378 e. The fraction of sp³-hybridized carbons (Fsp3) is 0.778. The zero-order valence-electron chi connectivity index (χ0n) is 13.3. The summed E-state index contributed by atoms with van der Waals surface area (Å²) in [6, 6.07) is 3.06. The highest BCUT2D eigenvalue weighted by Crippen LogP contribution is 2.34. The molecule has 0 aromatic carbocycles. The van der Waals surface area contributed by atoms with Crippen molar-refractivity contribution in [3.8, 4) is 0 Å². The average Bonchev–Trinajstić information content (AvgIpc) is 3.15. The molecule has 1 fully saturated rings. The molecular formula is C18H29NOS. The maximum Gasteiger partial charge on any atom is 0.0576 e. The van der Waals surface area contributed by atoms with Gasteiger partial charge in [0.2, 0.25) is 0 Å². The summed E-state index contributed by atoms with van der Waals surface area (Å²) in [5.74, 6) is 0. The largest absolute Gasteiger partial charge is 0.378 e. The molecule has 3 heteroatoms. The van der Waals surface area contributed by atoms with Crippen molar-refractivity contribution in [2.45, 2.75) is 76.9 Å². The summed E-state index contributed by atoms with van der Waals surface area (Å²) in [6.45, 7) is 4.27. The second-order valence-electron chi connectivity index (χ2n) is 6.48. The zero-order valence-corrected chi connectivity index (χ0v) is 14.1. The zero-order chi connectivity index (χ0) is 14.5. The molecule has 1 aliphatic heterocycles. The Balaban J connectivity index is 1.56. The molecule has 1 saturated heterocycles. The average molecular weight is 308 g/mol. The third-order valence-corrected chi connectivity index (χ3v) is 6.20. The van der Waals surface area contributed by atoms with Crippen molar-refractivity contribution in [3.63, 3.8) is 0 Å². The lowest BCUT2D eigenvalue weighted by Crippen LogP contribution is -2.20. The quantitative estimate of drug-likeness (QED) is 0.793. The molecule has 21 heavy (non-hydrogen) atoms. The molecule has 0 saturated carbocycles. The van der Waals surface area contributed by atoms with Crippen molar-refractivity contribution in [2.24, 2.45) is 0 Å². The van der Waals surface area contributed by atoms with Crippen molar-refractivity contribution < 1.29 is 4.74 Å². The maximum atomic E-state index is 5.75. The van der Waals surface area contributed by atoms with Gasteiger partial charge in [0.15, 0.2) is 0 Å². The lowest BCUT2D eigenvalue weighted by molar-refractivity contribution is 0.101. The summed E-state index contributed by atoms with van der Waals surface area (Å²) < 4.78 is 5.75. The van der Waals surface area contributed by atoms with Crippen molar-refractivity contribution in [1.82, 2.24) is 5.32 Å². The Hall–Kier alpha value is -0.380. The molecular weight excluding hydrogens is 278 g/mol. The highest BCUT2D eigenvalue weighted by atomic mass is 32.1. The van der Waals surface area contributed by atoms with Gasteiger partial charge in [0.05, 0.1) is 6.10 Å². The lowest BCUT2D eigenvalue weighted by atomic mass is 9.98. The van der Waals surface area contributed by atoms with Crippen LogP contribution in [0.2, 0.25) is 0 Å². The van der Waals surface area contributed by atoms with Crippen LogP contribution >= 0.6 is 11.3 Å². The number of aryl methyl sites for hydroxylation is 2. The highest BCUT2D eigenvalue weighted by molar-refractivity contribution is 7.12. The van der Waals surface area contributed by atoms with Crippen LogP contribution in [0.1, 0.15) is 73.2 Å². The Kier molecular flexibility index (Phi) is 5.73. The van der Waals surface area contributed by atoms with Gasteiger partial charge in [-0.2, -0.15) is 0 Å². The van der Waals surface area contributed by atoms with Crippen LogP contribution in [0.15, 0.2) is 6.07 Å². The Bertz CT molecular complexity index is 413. The number of rotatable bonds is 7. The van der Waals surface area contributed by atoms with Gasteiger partial charge in [-0.15, -0.1) is 11.3 Å². The molecule has 0 bridgehead atoms. The number of nitrogens with one attached hydrogen (secondary N) is 1. The molecule has 2 aliphatic rings. The summed E-state index contributed by atoms with van der Waals surface area (Å²) in [5, 5.41) is 3.70. The summed E-state index contributed by atoms with van der Waals surface area (Å²) >= 11 is 2.07. The molecule has 0 amide bonds. The van der Waals surface area contributed by atoms with E-state index in [1.54, 1.807) is 15.3 Å². The summed E-state index contributed by atoms with van der Waals surface area (Å²) in [6.07, 6.45) is 12.3. The van der Waals surface area contributed by atoms with Gasteiger partial charge in [0, 0.05) is 22.4 Å². The van der Waals surface area contributed by atoms with Gasteiger partial charge in [-0.25, -0.2) is 0 Å². The van der Waals surface area contributed by atoms with E-state index in [4.69, 9.17) is 4.74 Å². The Morgan fingerprint density at radius 2 is 2.24 bits per heavy atom. The topological polar surface area (TPSA) is 21.3 Å². The Morgan fingerprint density at radius 1 is 1.33 bits per heavy atom. The Morgan fingerprint density at radius 3 is 3.00 bits per heavy atom. The number of fused-ring (bicyclic) bond motifs is 1. The second kappa shape index (κ2) is 7.75. The van der Waals surface area contributed by atoms with Crippen molar-refractivity contribution in [2.75, 3.05) is 13.2 Å². The monoisotopic (exact) mass is 307 g/mol. The van der Waals surface area contributed by atoms with E-state index in [9.17, 15) is 0 Å². The summed E-state index contributed by atoms with van der Waals surface area (Å²) in [5.41, 5.74) is 1.64. The van der Waals surface area contributed by atoms with Crippen LogP contribution in [-0.4, -0.2) is 19.3 Å². The SMILES string of the molecule is CCNC(CCCC1CCCO1)c1cc2c(s1)CCCC2. The van der Waals surface area contributed by atoms with Gasteiger partial charge in [-0.1, -0.05) is 6.92 Å². The van der Waals surface area contributed by atoms with Crippen LogP contribution in [0.3, 0.4) is 0 Å². The molecule has 1 aromatic heterocycles. The first-order chi connectivity index (χ1) is 10.4. The van der Waals surface area contributed by atoms with E-state index in [0.717, 1.165) is 13.2 Å².